The first-order valence-electron chi connectivity index (χ1n) is 12.1. The van der Waals surface area contributed by atoms with Gasteiger partial charge >= 0.3 is 5.97 Å². The highest BCUT2D eigenvalue weighted by molar-refractivity contribution is 7.98. The molecule has 0 bridgehead atoms. The van der Waals surface area contributed by atoms with Gasteiger partial charge in [-0.1, -0.05) is 44.2 Å². The molecular weight excluding hydrogens is 498 g/mol. The summed E-state index contributed by atoms with van der Waals surface area (Å²) in [5, 5.41) is 17.1. The quantitative estimate of drug-likeness (QED) is 0.162. The Morgan fingerprint density at radius 2 is 1.46 bits per heavy atom. The molecule has 0 radical (unpaired) electrons. The lowest BCUT2D eigenvalue weighted by molar-refractivity contribution is -0.142. The van der Waals surface area contributed by atoms with E-state index in [1.165, 1.54) is 11.8 Å². The minimum absolute atomic E-state index is 0.0107. The number of nitrogens with one attached hydrogen (secondary N) is 3. The molecule has 4 amide bonds. The predicted molar refractivity (Wildman–Crippen MR) is 142 cm³/mol. The second kappa shape index (κ2) is 16.6. The van der Waals surface area contributed by atoms with Crippen LogP contribution in [0.1, 0.15) is 45.1 Å². The number of nitrogens with two attached hydrogens (primary N) is 2. The van der Waals surface area contributed by atoms with Gasteiger partial charge in [0, 0.05) is 6.42 Å². The Bertz CT molecular complexity index is 914. The number of carbonyl (C=O) groups is 5. The highest BCUT2D eigenvalue weighted by atomic mass is 32.2. The van der Waals surface area contributed by atoms with Crippen molar-refractivity contribution in [3.63, 3.8) is 0 Å². The second-order valence-electron chi connectivity index (χ2n) is 9.23. The molecule has 0 saturated carbocycles. The van der Waals surface area contributed by atoms with E-state index in [1.807, 2.05) is 50.4 Å². The third-order valence-electron chi connectivity index (χ3n) is 5.51. The van der Waals surface area contributed by atoms with Crippen molar-refractivity contribution in [1.82, 2.24) is 16.0 Å². The molecular formula is C25H39N5O6S. The number of carboxylic acid groups (broad SMARTS) is 1. The topological polar surface area (TPSA) is 194 Å². The van der Waals surface area contributed by atoms with Crippen LogP contribution in [0.2, 0.25) is 0 Å². The summed E-state index contributed by atoms with van der Waals surface area (Å²) in [6.07, 6.45) is 2.31. The van der Waals surface area contributed by atoms with Crippen LogP contribution in [0.25, 0.3) is 0 Å². The molecule has 206 valence electrons. The maximum Gasteiger partial charge on any atom is 0.326 e. The number of thioether (sulfide) groups is 1. The molecule has 37 heavy (non-hydrogen) atoms. The Morgan fingerprint density at radius 1 is 0.892 bits per heavy atom. The number of hydrogen-bond donors (Lipinski definition) is 6. The van der Waals surface area contributed by atoms with Gasteiger partial charge in [0.1, 0.15) is 18.1 Å². The van der Waals surface area contributed by atoms with Crippen LogP contribution in [0.4, 0.5) is 0 Å². The Balaban J connectivity index is 2.93. The lowest BCUT2D eigenvalue weighted by Crippen LogP contribution is -2.57. The number of carbonyl (C=O) groups excluding carboxylic acids is 4. The summed E-state index contributed by atoms with van der Waals surface area (Å²) in [5.41, 5.74) is 12.0. The Kier molecular flexibility index (Phi) is 14.3. The molecule has 0 aliphatic carbocycles. The summed E-state index contributed by atoms with van der Waals surface area (Å²) in [4.78, 5) is 61.4. The van der Waals surface area contributed by atoms with Gasteiger partial charge in [0.25, 0.3) is 0 Å². The van der Waals surface area contributed by atoms with Crippen LogP contribution in [-0.2, 0) is 30.4 Å². The van der Waals surface area contributed by atoms with Crippen molar-refractivity contribution in [3.8, 4) is 0 Å². The molecule has 0 fully saturated rings. The van der Waals surface area contributed by atoms with Crippen LogP contribution in [0, 0.1) is 5.92 Å². The first kappa shape index (κ1) is 31.9. The van der Waals surface area contributed by atoms with Crippen LogP contribution in [-0.4, -0.2) is 70.9 Å². The predicted octanol–water partition coefficient (Wildman–Crippen LogP) is 0.160. The molecule has 0 spiro atoms. The molecule has 11 nitrogen and oxygen atoms in total. The van der Waals surface area contributed by atoms with Crippen molar-refractivity contribution >= 4 is 41.4 Å². The monoisotopic (exact) mass is 537 g/mol. The van der Waals surface area contributed by atoms with E-state index in [-0.39, 0.29) is 25.2 Å². The van der Waals surface area contributed by atoms with Gasteiger partial charge < -0.3 is 32.5 Å². The van der Waals surface area contributed by atoms with Gasteiger partial charge in [-0.2, -0.15) is 11.8 Å². The molecule has 12 heteroatoms. The Morgan fingerprint density at radius 3 is 2.00 bits per heavy atom. The van der Waals surface area contributed by atoms with E-state index in [9.17, 15) is 29.1 Å². The zero-order valence-electron chi connectivity index (χ0n) is 21.6. The van der Waals surface area contributed by atoms with E-state index in [4.69, 9.17) is 11.5 Å². The Hall–Kier alpha value is -3.12. The van der Waals surface area contributed by atoms with Crippen molar-refractivity contribution in [2.75, 3.05) is 12.0 Å². The zero-order valence-corrected chi connectivity index (χ0v) is 22.4. The van der Waals surface area contributed by atoms with Gasteiger partial charge in [-0.25, -0.2) is 4.79 Å². The van der Waals surface area contributed by atoms with Crippen molar-refractivity contribution in [2.45, 2.75) is 70.1 Å². The van der Waals surface area contributed by atoms with E-state index in [0.717, 1.165) is 5.56 Å². The van der Waals surface area contributed by atoms with Crippen LogP contribution >= 0.6 is 11.8 Å². The maximum atomic E-state index is 13.2. The number of benzene rings is 1. The summed E-state index contributed by atoms with van der Waals surface area (Å²) >= 11 is 1.50. The van der Waals surface area contributed by atoms with Crippen LogP contribution in [0.5, 0.6) is 0 Å². The summed E-state index contributed by atoms with van der Waals surface area (Å²) in [5.74, 6) is -3.21. The van der Waals surface area contributed by atoms with Crippen molar-refractivity contribution < 1.29 is 29.1 Å². The molecule has 1 aromatic carbocycles. The van der Waals surface area contributed by atoms with E-state index in [0.29, 0.717) is 18.6 Å². The minimum Gasteiger partial charge on any atom is -0.480 e. The van der Waals surface area contributed by atoms with Gasteiger partial charge in [-0.3, -0.25) is 19.2 Å². The molecule has 0 saturated heterocycles. The van der Waals surface area contributed by atoms with Crippen LogP contribution in [0.3, 0.4) is 0 Å². The molecule has 4 atom stereocenters. The van der Waals surface area contributed by atoms with Crippen molar-refractivity contribution in [1.29, 1.82) is 0 Å². The molecule has 0 aromatic heterocycles. The third-order valence-corrected chi connectivity index (χ3v) is 6.16. The van der Waals surface area contributed by atoms with Gasteiger partial charge in [-0.15, -0.1) is 0 Å². The van der Waals surface area contributed by atoms with Crippen LogP contribution < -0.4 is 27.4 Å². The fourth-order valence-corrected chi connectivity index (χ4v) is 4.01. The highest BCUT2D eigenvalue weighted by Gasteiger charge is 2.30. The first-order chi connectivity index (χ1) is 17.4. The normalized spacial score (nSPS) is 14.2. The maximum absolute atomic E-state index is 13.2. The van der Waals surface area contributed by atoms with Gasteiger partial charge in [0.2, 0.25) is 23.6 Å². The van der Waals surface area contributed by atoms with E-state index >= 15 is 0 Å². The number of aliphatic carboxylic acids is 1. The number of rotatable bonds is 17. The van der Waals surface area contributed by atoms with Gasteiger partial charge in [0.05, 0.1) is 6.04 Å². The molecule has 0 aliphatic rings. The van der Waals surface area contributed by atoms with Crippen LogP contribution in [0.15, 0.2) is 30.3 Å². The average molecular weight is 538 g/mol. The lowest BCUT2D eigenvalue weighted by Gasteiger charge is -2.26. The van der Waals surface area contributed by atoms with Gasteiger partial charge in [0.15, 0.2) is 0 Å². The largest absolute Gasteiger partial charge is 0.480 e. The standard InChI is InChI=1S/C25H39N5O6S/c1-15(2)13-20(24(34)29-19(25(35)36)9-10-21(27)31)30-23(33)18(11-12-37-3)28-22(32)17(26)14-16-7-5-4-6-8-16/h4-8,15,17-20H,9-14,26H2,1-3H3,(H2,27,31)(H,28,32)(H,29,34)(H,30,33)(H,35,36). The first-order valence-corrected chi connectivity index (χ1v) is 13.5. The molecule has 0 heterocycles. The molecule has 1 rings (SSSR count). The van der Waals surface area contributed by atoms with Crippen molar-refractivity contribution in [2.24, 2.45) is 17.4 Å². The summed E-state index contributed by atoms with van der Waals surface area (Å²) in [7, 11) is 0. The van der Waals surface area contributed by atoms with Crippen molar-refractivity contribution in [3.05, 3.63) is 35.9 Å². The minimum atomic E-state index is -1.34. The molecule has 4 unspecified atom stereocenters. The summed E-state index contributed by atoms with van der Waals surface area (Å²) < 4.78 is 0. The van der Waals surface area contributed by atoms with E-state index in [1.54, 1.807) is 0 Å². The molecule has 8 N–H and O–H groups in total. The average Bonchev–Trinajstić information content (AvgIpc) is 2.83. The third kappa shape index (κ3) is 12.6. The van der Waals surface area contributed by atoms with E-state index in [2.05, 4.69) is 16.0 Å². The van der Waals surface area contributed by atoms with E-state index < -0.39 is 53.8 Å². The summed E-state index contributed by atoms with van der Waals surface area (Å²) in [6, 6.07) is 5.07. The number of carboxylic acids is 1. The zero-order chi connectivity index (χ0) is 28.0. The number of primary amides is 1. The second-order valence-corrected chi connectivity index (χ2v) is 10.2. The fraction of sp³-hybridized carbons (Fsp3) is 0.560. The molecule has 1 aromatic rings. The fourth-order valence-electron chi connectivity index (χ4n) is 3.54. The number of hydrogen-bond acceptors (Lipinski definition) is 7. The summed E-state index contributed by atoms with van der Waals surface area (Å²) in [6.45, 7) is 3.70. The SMILES string of the molecule is CSCCC(NC(=O)C(N)Cc1ccccc1)C(=O)NC(CC(C)C)C(=O)NC(CCC(N)=O)C(=O)O. The Labute approximate surface area is 221 Å². The lowest BCUT2D eigenvalue weighted by atomic mass is 10.0. The smallest absolute Gasteiger partial charge is 0.326 e. The van der Waals surface area contributed by atoms with Gasteiger partial charge in [-0.05, 0) is 49.2 Å². The number of amides is 4. The highest BCUT2D eigenvalue weighted by Crippen LogP contribution is 2.09. The molecule has 0 aliphatic heterocycles.